The summed E-state index contributed by atoms with van der Waals surface area (Å²) in [7, 11) is -3.34. The van der Waals surface area contributed by atoms with Crippen molar-refractivity contribution in [1.29, 1.82) is 0 Å². The molecule has 0 atom stereocenters. The van der Waals surface area contributed by atoms with Crippen LogP contribution in [0.2, 0.25) is 0 Å². The van der Waals surface area contributed by atoms with E-state index < -0.39 is 15.7 Å². The third kappa shape index (κ3) is 4.48. The number of alkyl halides is 2. The van der Waals surface area contributed by atoms with Crippen molar-refractivity contribution in [3.05, 3.63) is 29.8 Å². The second-order valence-corrected chi connectivity index (χ2v) is 7.18. The molecule has 0 unspecified atom stereocenters. The number of benzene rings is 1. The summed E-state index contributed by atoms with van der Waals surface area (Å²) in [6.07, 6.45) is 1.28. The molecule has 1 aromatic rings. The predicted molar refractivity (Wildman–Crippen MR) is 81.8 cm³/mol. The van der Waals surface area contributed by atoms with Crippen LogP contribution in [0.4, 0.5) is 8.78 Å². The van der Waals surface area contributed by atoms with Crippen LogP contribution in [0.1, 0.15) is 5.56 Å². The van der Waals surface area contributed by atoms with Crippen molar-refractivity contribution in [2.75, 3.05) is 39.5 Å². The fourth-order valence-electron chi connectivity index (χ4n) is 2.38. The Bertz CT molecular complexity index is 551. The molecule has 4 rings (SSSR count). The van der Waals surface area contributed by atoms with Crippen molar-refractivity contribution in [2.45, 2.75) is 6.61 Å². The third-order valence-electron chi connectivity index (χ3n) is 3.55. The van der Waals surface area contributed by atoms with Crippen LogP contribution in [-0.4, -0.2) is 66.2 Å². The number of hydrogen-bond acceptors (Lipinski definition) is 7. The van der Waals surface area contributed by atoms with Gasteiger partial charge in [0.1, 0.15) is 5.75 Å². The molecule has 0 spiro atoms. The third-order valence-corrected chi connectivity index (χ3v) is 5.55. The molecule has 24 heavy (non-hydrogen) atoms. The van der Waals surface area contributed by atoms with Gasteiger partial charge >= 0.3 is 15.7 Å². The number of fused-ring (bicyclic) bond motifs is 6. The molecule has 3 aliphatic rings. The van der Waals surface area contributed by atoms with Gasteiger partial charge in [-0.3, -0.25) is 4.90 Å². The first kappa shape index (κ1) is 17.2. The summed E-state index contributed by atoms with van der Waals surface area (Å²) in [6.45, 7) is 0.688. The average molecular weight is 360 g/mol. The van der Waals surface area contributed by atoms with Crippen LogP contribution >= 0.6 is 0 Å². The fourth-order valence-corrected chi connectivity index (χ4v) is 3.99. The molecule has 3 fully saturated rings. The summed E-state index contributed by atoms with van der Waals surface area (Å²) in [5.41, 5.74) is 0.353. The number of hydrogen-bond donors (Lipinski definition) is 0. The van der Waals surface area contributed by atoms with Gasteiger partial charge in [0.25, 0.3) is 0 Å². The van der Waals surface area contributed by atoms with E-state index in [2.05, 4.69) is 14.8 Å². The number of nitrogens with zero attached hydrogens (tertiary/aromatic N) is 2. The van der Waals surface area contributed by atoms with E-state index in [-0.39, 0.29) is 5.75 Å². The number of ether oxygens (including phenoxy) is 1. The van der Waals surface area contributed by atoms with Gasteiger partial charge in [-0.05, 0) is 12.1 Å². The normalized spacial score (nSPS) is 27.7. The van der Waals surface area contributed by atoms with E-state index in [1.54, 1.807) is 18.2 Å². The van der Waals surface area contributed by atoms with Gasteiger partial charge < -0.3 is 22.5 Å². The molecule has 132 valence electrons. The van der Waals surface area contributed by atoms with Crippen LogP contribution in [0.15, 0.2) is 29.4 Å². The van der Waals surface area contributed by atoms with Crippen LogP contribution in [0.25, 0.3) is 0 Å². The molecule has 3 aliphatic heterocycles. The van der Waals surface area contributed by atoms with Crippen molar-refractivity contribution in [3.63, 3.8) is 0 Å². The Morgan fingerprint density at radius 2 is 1.71 bits per heavy atom. The largest absolute Gasteiger partial charge is 0.771 e. The van der Waals surface area contributed by atoms with Crippen molar-refractivity contribution in [3.8, 4) is 5.75 Å². The topological polar surface area (TPSA) is 61.8 Å². The summed E-state index contributed by atoms with van der Waals surface area (Å²) in [6, 6.07) is 6.28. The van der Waals surface area contributed by atoms with Gasteiger partial charge in [0.15, 0.2) is 0 Å². The Labute approximate surface area is 139 Å². The molecule has 10 heteroatoms. The summed E-state index contributed by atoms with van der Waals surface area (Å²) in [5.74, 6) is 0.00717. The minimum atomic E-state index is -3.34. The van der Waals surface area contributed by atoms with E-state index in [1.165, 1.54) is 12.3 Å². The summed E-state index contributed by atoms with van der Waals surface area (Å²) >= 11 is 0. The molecule has 0 aromatic heterocycles. The molecular formula is C14H18F2N2O5Si. The van der Waals surface area contributed by atoms with E-state index in [1.807, 2.05) is 0 Å². The van der Waals surface area contributed by atoms with Crippen LogP contribution in [-0.2, 0) is 17.8 Å². The predicted octanol–water partition coefficient (Wildman–Crippen LogP) is 1.45. The number of oxime groups is 1. The molecule has 0 radical (unpaired) electrons. The molecule has 7 nitrogen and oxygen atoms in total. The molecule has 0 N–H and O–H groups in total. The highest BCUT2D eigenvalue weighted by molar-refractivity contribution is 6.53. The van der Waals surface area contributed by atoms with Crippen LogP contribution in [0.3, 0.4) is 0 Å². The van der Waals surface area contributed by atoms with E-state index in [9.17, 15) is 8.78 Å². The lowest BCUT2D eigenvalue weighted by atomic mass is 10.2. The van der Waals surface area contributed by atoms with E-state index in [0.717, 1.165) is 19.6 Å². The molecule has 0 saturated carbocycles. The minimum absolute atomic E-state index is 0.00717. The summed E-state index contributed by atoms with van der Waals surface area (Å²) < 4.78 is 51.6. The first-order valence-electron chi connectivity index (χ1n) is 7.56. The Morgan fingerprint density at radius 1 is 1.08 bits per heavy atom. The Kier molecular flexibility index (Phi) is 5.74. The maximum atomic E-state index is 12.4. The van der Waals surface area contributed by atoms with Crippen LogP contribution in [0, 0.1) is 0 Å². The van der Waals surface area contributed by atoms with Crippen molar-refractivity contribution >= 4 is 15.3 Å². The van der Waals surface area contributed by atoms with Gasteiger partial charge in [-0.25, -0.2) is 0 Å². The molecule has 3 saturated heterocycles. The van der Waals surface area contributed by atoms with Gasteiger partial charge in [0.2, 0.25) is 0 Å². The first-order valence-corrected chi connectivity index (χ1v) is 9.20. The molecule has 0 amide bonds. The fraction of sp³-hybridized carbons (Fsp3) is 0.500. The lowest BCUT2D eigenvalue weighted by molar-refractivity contribution is -0.0738. The van der Waals surface area contributed by atoms with Crippen molar-refractivity contribution in [2.24, 2.45) is 5.16 Å². The van der Waals surface area contributed by atoms with Gasteiger partial charge in [-0.2, -0.15) is 8.78 Å². The van der Waals surface area contributed by atoms with Gasteiger partial charge in [0, 0.05) is 25.2 Å². The van der Waals surface area contributed by atoms with Crippen LogP contribution in [0.5, 0.6) is 5.75 Å². The molecule has 0 aliphatic carbocycles. The average Bonchev–Trinajstić information content (AvgIpc) is 2.49. The quantitative estimate of drug-likeness (QED) is 0.450. The molecule has 3 heterocycles. The molecule has 2 bridgehead atoms. The van der Waals surface area contributed by atoms with E-state index in [4.69, 9.17) is 17.8 Å². The lowest BCUT2D eigenvalue weighted by Crippen LogP contribution is -2.56. The SMILES string of the molecule is FC(F)Oc1ccccc1/C=N/O[Si]12OCCN(CCO1)CCO2. The van der Waals surface area contributed by atoms with E-state index >= 15 is 0 Å². The lowest BCUT2D eigenvalue weighted by Gasteiger charge is -2.34. The monoisotopic (exact) mass is 360 g/mol. The highest BCUT2D eigenvalue weighted by atomic mass is 28.4. The highest BCUT2D eigenvalue weighted by Crippen LogP contribution is 2.20. The van der Waals surface area contributed by atoms with Crippen molar-refractivity contribution in [1.82, 2.24) is 4.90 Å². The zero-order valence-corrected chi connectivity index (χ0v) is 13.9. The zero-order chi connectivity index (χ0) is 16.8. The smallest absolute Gasteiger partial charge is 0.434 e. The maximum Gasteiger partial charge on any atom is 0.771 e. The Hall–Kier alpha value is -1.59. The number of halogens is 2. The van der Waals surface area contributed by atoms with Crippen molar-refractivity contribution < 1.29 is 31.3 Å². The second-order valence-electron chi connectivity index (χ2n) is 5.13. The molecular weight excluding hydrogens is 342 g/mol. The first-order chi connectivity index (χ1) is 11.7. The second kappa shape index (κ2) is 7.99. The summed E-state index contributed by atoms with van der Waals surface area (Å²) in [4.78, 5) is 2.18. The number of para-hydroxylation sites is 1. The molecule has 1 aromatic carbocycles. The number of rotatable bonds is 5. The zero-order valence-electron chi connectivity index (χ0n) is 12.9. The van der Waals surface area contributed by atoms with Crippen LogP contribution < -0.4 is 4.74 Å². The minimum Gasteiger partial charge on any atom is -0.434 e. The maximum absolute atomic E-state index is 12.4. The highest BCUT2D eigenvalue weighted by Gasteiger charge is 2.51. The van der Waals surface area contributed by atoms with Gasteiger partial charge in [-0.15, -0.1) is 5.16 Å². The van der Waals surface area contributed by atoms with Gasteiger partial charge in [-0.1, -0.05) is 12.1 Å². The Balaban J connectivity index is 1.68. The summed E-state index contributed by atoms with van der Waals surface area (Å²) in [5, 5.41) is 3.84. The standard InChI is InChI=1S/C14H18F2N2O5Si/c15-14(16)22-13-4-2-1-3-12(13)11-17-23-24-19-8-5-18(6-9-20-24)7-10-21-24/h1-4,11,14H,5-10H2/b17-11+. The van der Waals surface area contributed by atoms with E-state index in [0.29, 0.717) is 25.4 Å². The Morgan fingerprint density at radius 3 is 2.33 bits per heavy atom. The van der Waals surface area contributed by atoms with Gasteiger partial charge in [0.05, 0.1) is 26.0 Å².